The minimum atomic E-state index is -0.959. The van der Waals surface area contributed by atoms with Crippen molar-refractivity contribution < 1.29 is 38.9 Å². The SMILES string of the molecule is CO[C@H]1/C=C/C=C/C=C/C[C@@H](OC(=O)[C@@H](C)NC(=O)C2=CCCCC2)[C@H](C)[C@H](O)/C(C)=C/CCc2c(O)c(cc3c2SCC(=O)N3)NC(=O)C1. The van der Waals surface area contributed by atoms with E-state index in [0.717, 1.165) is 24.2 Å². The van der Waals surface area contributed by atoms with Crippen LogP contribution in [0.25, 0.3) is 0 Å². The summed E-state index contributed by atoms with van der Waals surface area (Å²) in [6, 6.07) is 0.684. The maximum Gasteiger partial charge on any atom is 0.328 e. The largest absolute Gasteiger partial charge is 0.505 e. The van der Waals surface area contributed by atoms with Gasteiger partial charge in [-0.3, -0.25) is 14.4 Å². The quantitative estimate of drug-likeness (QED) is 0.113. The van der Waals surface area contributed by atoms with Crippen molar-refractivity contribution in [3.63, 3.8) is 0 Å². The van der Waals surface area contributed by atoms with Crippen LogP contribution in [0.4, 0.5) is 11.4 Å². The van der Waals surface area contributed by atoms with Crippen LogP contribution in [0.2, 0.25) is 0 Å². The number of esters is 1. The van der Waals surface area contributed by atoms with Crippen molar-refractivity contribution in [1.29, 1.82) is 0 Å². The average molecular weight is 708 g/mol. The van der Waals surface area contributed by atoms with Crippen molar-refractivity contribution in [3.8, 4) is 5.75 Å². The molecule has 0 saturated carbocycles. The summed E-state index contributed by atoms with van der Waals surface area (Å²) in [6.45, 7) is 5.21. The molecule has 270 valence electrons. The standard InChI is InChI=1S/C38H49N3O8S/c1-23-14-13-18-28-35(45)29(21-30-36(28)50-22-33(43)41-30)40-32(42)20-27(48-4)17-11-6-5-7-12-19-31(24(2)34(23)44)49-38(47)25(3)39-37(46)26-15-9-8-10-16-26/h5-7,11-12,14-15,17,21,24-25,27,31,34,44-45H,8-10,13,16,18-20,22H2,1-4H3,(H,39,46)(H,40,42)(H,41,43)/b6-5+,12-7+,17-11+,23-14+/t24-,25+,27-,31+,34+/m0/s1. The first-order valence-electron chi connectivity index (χ1n) is 17.2. The number of ether oxygens (including phenoxy) is 2. The Morgan fingerprint density at radius 1 is 1.02 bits per heavy atom. The van der Waals surface area contributed by atoms with Crippen LogP contribution in [-0.4, -0.2) is 71.1 Å². The maximum atomic E-state index is 13.2. The first kappa shape index (κ1) is 38.7. The number of methoxy groups -OCH3 is 1. The highest BCUT2D eigenvalue weighted by Gasteiger charge is 2.31. The molecule has 0 aromatic heterocycles. The normalized spacial score (nSPS) is 27.3. The van der Waals surface area contributed by atoms with Crippen LogP contribution in [0, 0.1) is 5.92 Å². The van der Waals surface area contributed by atoms with E-state index in [2.05, 4.69) is 16.0 Å². The molecule has 0 fully saturated rings. The van der Waals surface area contributed by atoms with Gasteiger partial charge in [-0.05, 0) is 64.0 Å². The summed E-state index contributed by atoms with van der Waals surface area (Å²) >= 11 is 1.32. The van der Waals surface area contributed by atoms with Crippen molar-refractivity contribution in [2.24, 2.45) is 5.92 Å². The third kappa shape index (κ3) is 10.7. The summed E-state index contributed by atoms with van der Waals surface area (Å²) < 4.78 is 11.4. The Bertz CT molecular complexity index is 1580. The molecule has 1 aromatic carbocycles. The molecule has 3 aliphatic rings. The summed E-state index contributed by atoms with van der Waals surface area (Å²) in [7, 11) is 1.50. The van der Waals surface area contributed by atoms with Gasteiger partial charge in [0, 0.05) is 35.5 Å². The number of carbonyl (C=O) groups excluding carboxylic acids is 4. The number of phenols is 1. The van der Waals surface area contributed by atoms with Crippen LogP contribution < -0.4 is 16.0 Å². The predicted octanol–water partition coefficient (Wildman–Crippen LogP) is 5.65. The summed E-state index contributed by atoms with van der Waals surface area (Å²) in [5.41, 5.74) is 2.61. The van der Waals surface area contributed by atoms with Gasteiger partial charge in [-0.1, -0.05) is 55.5 Å². The lowest BCUT2D eigenvalue weighted by molar-refractivity contribution is -0.156. The summed E-state index contributed by atoms with van der Waals surface area (Å²) in [5.74, 6) is -1.80. The molecule has 2 heterocycles. The molecule has 0 spiro atoms. The molecule has 1 aliphatic carbocycles. The van der Waals surface area contributed by atoms with Gasteiger partial charge in [-0.2, -0.15) is 0 Å². The monoisotopic (exact) mass is 707 g/mol. The van der Waals surface area contributed by atoms with Crippen molar-refractivity contribution in [3.05, 3.63) is 71.4 Å². The number of thioether (sulfide) groups is 1. The first-order valence-corrected chi connectivity index (χ1v) is 18.2. The van der Waals surface area contributed by atoms with Crippen LogP contribution in [-0.2, 0) is 35.1 Å². The van der Waals surface area contributed by atoms with Crippen molar-refractivity contribution in [2.75, 3.05) is 23.5 Å². The molecule has 0 radical (unpaired) electrons. The highest BCUT2D eigenvalue weighted by Crippen LogP contribution is 2.44. The average Bonchev–Trinajstić information content (AvgIpc) is 3.10. The molecule has 0 unspecified atom stereocenters. The summed E-state index contributed by atoms with van der Waals surface area (Å²) in [5, 5.41) is 31.1. The summed E-state index contributed by atoms with van der Waals surface area (Å²) in [6.07, 6.45) is 16.9. The van der Waals surface area contributed by atoms with Crippen LogP contribution in [0.15, 0.2) is 70.7 Å². The zero-order valence-electron chi connectivity index (χ0n) is 29.2. The molecule has 5 N–H and O–H groups in total. The van der Waals surface area contributed by atoms with E-state index in [1.54, 1.807) is 50.3 Å². The smallest absolute Gasteiger partial charge is 0.328 e. The number of phenolic OH excluding ortho intramolecular Hbond substituents is 1. The Hall–Kier alpha value is -4.13. The molecule has 4 rings (SSSR count). The van der Waals surface area contributed by atoms with Gasteiger partial charge in [-0.25, -0.2) is 4.79 Å². The molecule has 12 heteroatoms. The van der Waals surface area contributed by atoms with Gasteiger partial charge in [0.2, 0.25) is 17.7 Å². The zero-order valence-corrected chi connectivity index (χ0v) is 30.0. The third-order valence-corrected chi connectivity index (χ3v) is 10.2. The van der Waals surface area contributed by atoms with Crippen LogP contribution in [0.1, 0.15) is 71.3 Å². The minimum absolute atomic E-state index is 0.00905. The minimum Gasteiger partial charge on any atom is -0.505 e. The lowest BCUT2D eigenvalue weighted by Crippen LogP contribution is -2.43. The van der Waals surface area contributed by atoms with Crippen molar-refractivity contribution in [2.45, 2.75) is 101 Å². The van der Waals surface area contributed by atoms with E-state index >= 15 is 0 Å². The molecule has 11 nitrogen and oxygen atoms in total. The molecule has 5 atom stereocenters. The van der Waals surface area contributed by atoms with E-state index in [1.807, 2.05) is 25.2 Å². The van der Waals surface area contributed by atoms with Gasteiger partial charge in [0.25, 0.3) is 0 Å². The van der Waals surface area contributed by atoms with Crippen molar-refractivity contribution >= 4 is 46.8 Å². The molecular formula is C38H49N3O8S. The fourth-order valence-electron chi connectivity index (χ4n) is 6.04. The molecule has 0 saturated heterocycles. The van der Waals surface area contributed by atoms with Gasteiger partial charge in [0.15, 0.2) is 0 Å². The molecule has 50 heavy (non-hydrogen) atoms. The van der Waals surface area contributed by atoms with E-state index in [9.17, 15) is 29.4 Å². The number of hydrogen-bond acceptors (Lipinski definition) is 9. The number of aromatic hydroxyl groups is 1. The Balaban J connectivity index is 1.59. The Labute approximate surface area is 298 Å². The summed E-state index contributed by atoms with van der Waals surface area (Å²) in [4.78, 5) is 51.9. The van der Waals surface area contributed by atoms with E-state index in [-0.39, 0.29) is 41.3 Å². The predicted molar refractivity (Wildman–Crippen MR) is 195 cm³/mol. The van der Waals surface area contributed by atoms with E-state index in [1.165, 1.54) is 18.9 Å². The van der Waals surface area contributed by atoms with Gasteiger partial charge in [-0.15, -0.1) is 11.8 Å². The fourth-order valence-corrected chi connectivity index (χ4v) is 7.02. The topological polar surface area (TPSA) is 163 Å². The lowest BCUT2D eigenvalue weighted by atomic mass is 9.90. The molecule has 2 bridgehead atoms. The Morgan fingerprint density at radius 2 is 1.78 bits per heavy atom. The zero-order chi connectivity index (χ0) is 36.2. The number of aliphatic hydroxyl groups is 1. The van der Waals surface area contributed by atoms with Crippen LogP contribution in [0.3, 0.4) is 0 Å². The van der Waals surface area contributed by atoms with Crippen LogP contribution in [0.5, 0.6) is 5.75 Å². The number of benzene rings is 1. The van der Waals surface area contributed by atoms with Gasteiger partial charge < -0.3 is 35.6 Å². The van der Waals surface area contributed by atoms with E-state index in [0.29, 0.717) is 48.1 Å². The number of allylic oxidation sites excluding steroid dienone is 6. The number of nitrogens with one attached hydrogen (secondary N) is 3. The van der Waals surface area contributed by atoms with E-state index in [4.69, 9.17) is 9.47 Å². The molecule has 2 aliphatic heterocycles. The number of anilines is 2. The number of amides is 3. The van der Waals surface area contributed by atoms with Crippen molar-refractivity contribution in [1.82, 2.24) is 5.32 Å². The van der Waals surface area contributed by atoms with E-state index < -0.39 is 36.2 Å². The highest BCUT2D eigenvalue weighted by atomic mass is 32.2. The van der Waals surface area contributed by atoms with Gasteiger partial charge in [0.1, 0.15) is 17.9 Å². The number of rotatable bonds is 5. The molecule has 3 amide bonds. The second-order valence-electron chi connectivity index (χ2n) is 12.9. The Morgan fingerprint density at radius 3 is 2.52 bits per heavy atom. The number of fused-ring (bicyclic) bond motifs is 4. The Kier molecular flexibility index (Phi) is 14.5. The van der Waals surface area contributed by atoms with Crippen LogP contribution >= 0.6 is 11.8 Å². The number of hydrogen-bond donors (Lipinski definition) is 5. The van der Waals surface area contributed by atoms with Gasteiger partial charge >= 0.3 is 5.97 Å². The molecule has 1 aromatic rings. The number of aliphatic hydroxyl groups excluding tert-OH is 1. The lowest BCUT2D eigenvalue weighted by Gasteiger charge is -2.29. The third-order valence-electron chi connectivity index (χ3n) is 9.06. The fraction of sp³-hybridized carbons (Fsp3) is 0.474. The highest BCUT2D eigenvalue weighted by molar-refractivity contribution is 8.00. The van der Waals surface area contributed by atoms with Gasteiger partial charge in [0.05, 0.1) is 35.8 Å². The number of carbonyl (C=O) groups is 4. The maximum absolute atomic E-state index is 13.2. The second kappa shape index (κ2) is 18.7. The molecular weight excluding hydrogens is 658 g/mol. The first-order chi connectivity index (χ1) is 24.0. The second-order valence-corrected chi connectivity index (χ2v) is 13.8.